The van der Waals surface area contributed by atoms with E-state index in [2.05, 4.69) is 32.4 Å². The number of hydrogen-bond donors (Lipinski definition) is 2. The molecule has 0 radical (unpaired) electrons. The predicted molar refractivity (Wildman–Crippen MR) is 110 cm³/mol. The number of nitrogens with zero attached hydrogens (tertiary/aromatic N) is 3. The standard InChI is InChI=1S/C19H15N5OS2/c1-11-17(13-4-2-3-5-14(13)21-11)15-10-26-18(22-15)23-16(25)8-12-9-27-19-20-6-7-24(12)19/h2-7,9-10,21H,8H2,1H3,(H,22,23,25). The second-order valence-corrected chi connectivity index (χ2v) is 7.93. The molecule has 4 heterocycles. The molecule has 0 unspecified atom stereocenters. The van der Waals surface area contributed by atoms with E-state index >= 15 is 0 Å². The van der Waals surface area contributed by atoms with Crippen LogP contribution in [0.2, 0.25) is 0 Å². The number of hydrogen-bond acceptors (Lipinski definition) is 5. The number of fused-ring (bicyclic) bond motifs is 2. The lowest BCUT2D eigenvalue weighted by atomic mass is 10.1. The number of aromatic amines is 1. The van der Waals surface area contributed by atoms with E-state index < -0.39 is 0 Å². The molecule has 0 bridgehead atoms. The molecule has 0 aliphatic rings. The van der Waals surface area contributed by atoms with E-state index in [1.807, 2.05) is 40.4 Å². The van der Waals surface area contributed by atoms with Crippen LogP contribution in [0.4, 0.5) is 5.13 Å². The maximum atomic E-state index is 12.4. The number of rotatable bonds is 4. The van der Waals surface area contributed by atoms with Crippen molar-refractivity contribution in [2.75, 3.05) is 5.32 Å². The van der Waals surface area contributed by atoms with Crippen LogP contribution >= 0.6 is 22.7 Å². The summed E-state index contributed by atoms with van der Waals surface area (Å²) in [6, 6.07) is 8.17. The van der Waals surface area contributed by atoms with Gasteiger partial charge in [0.05, 0.1) is 12.1 Å². The first-order valence-electron chi connectivity index (χ1n) is 8.41. The molecule has 4 aromatic heterocycles. The van der Waals surface area contributed by atoms with Crippen molar-refractivity contribution in [3.05, 3.63) is 58.8 Å². The molecule has 8 heteroatoms. The van der Waals surface area contributed by atoms with Crippen LogP contribution in [0.3, 0.4) is 0 Å². The summed E-state index contributed by atoms with van der Waals surface area (Å²) in [5.41, 5.74) is 5.04. The van der Waals surface area contributed by atoms with Crippen LogP contribution in [0.1, 0.15) is 11.4 Å². The first-order valence-corrected chi connectivity index (χ1v) is 10.2. The number of nitrogens with one attached hydrogen (secondary N) is 2. The van der Waals surface area contributed by atoms with Gasteiger partial charge in [0.2, 0.25) is 5.91 Å². The summed E-state index contributed by atoms with van der Waals surface area (Å²) in [5, 5.41) is 8.61. The Morgan fingerprint density at radius 2 is 2.15 bits per heavy atom. The van der Waals surface area contributed by atoms with Crippen molar-refractivity contribution in [2.45, 2.75) is 13.3 Å². The fourth-order valence-electron chi connectivity index (χ4n) is 3.28. The fraction of sp³-hybridized carbons (Fsp3) is 0.105. The number of para-hydroxylation sites is 1. The first kappa shape index (κ1) is 16.2. The molecule has 134 valence electrons. The highest BCUT2D eigenvalue weighted by atomic mass is 32.1. The van der Waals surface area contributed by atoms with E-state index in [0.29, 0.717) is 5.13 Å². The molecule has 0 aliphatic carbocycles. The van der Waals surface area contributed by atoms with Gasteiger partial charge in [0.15, 0.2) is 10.1 Å². The van der Waals surface area contributed by atoms with Crippen LogP contribution in [0.25, 0.3) is 27.1 Å². The molecule has 5 rings (SSSR count). The molecule has 0 aliphatic heterocycles. The highest BCUT2D eigenvalue weighted by Crippen LogP contribution is 2.33. The van der Waals surface area contributed by atoms with Crippen LogP contribution in [-0.2, 0) is 11.2 Å². The van der Waals surface area contributed by atoms with E-state index in [0.717, 1.165) is 38.5 Å². The summed E-state index contributed by atoms with van der Waals surface area (Å²) in [6.45, 7) is 2.04. The lowest BCUT2D eigenvalue weighted by Gasteiger charge is -2.01. The Kier molecular flexibility index (Phi) is 3.80. The number of carbonyl (C=O) groups is 1. The summed E-state index contributed by atoms with van der Waals surface area (Å²) >= 11 is 2.97. The third kappa shape index (κ3) is 2.83. The van der Waals surface area contributed by atoms with Crippen molar-refractivity contribution in [1.82, 2.24) is 19.4 Å². The fourth-order valence-corrected chi connectivity index (χ4v) is 4.85. The van der Waals surface area contributed by atoms with Gasteiger partial charge in [-0.2, -0.15) is 0 Å². The number of imidazole rings is 1. The number of carbonyl (C=O) groups excluding carboxylic acids is 1. The number of aryl methyl sites for hydroxylation is 1. The molecule has 0 atom stereocenters. The molecular weight excluding hydrogens is 378 g/mol. The molecule has 1 amide bonds. The molecule has 0 fully saturated rings. The van der Waals surface area contributed by atoms with Crippen LogP contribution in [-0.4, -0.2) is 25.3 Å². The Morgan fingerprint density at radius 1 is 1.26 bits per heavy atom. The van der Waals surface area contributed by atoms with E-state index in [1.54, 1.807) is 6.20 Å². The van der Waals surface area contributed by atoms with Crippen LogP contribution < -0.4 is 5.32 Å². The molecule has 0 saturated carbocycles. The van der Waals surface area contributed by atoms with Gasteiger partial charge in [-0.1, -0.05) is 18.2 Å². The Hall–Kier alpha value is -2.97. The van der Waals surface area contributed by atoms with E-state index in [9.17, 15) is 4.79 Å². The monoisotopic (exact) mass is 393 g/mol. The van der Waals surface area contributed by atoms with E-state index in [4.69, 9.17) is 0 Å². The smallest absolute Gasteiger partial charge is 0.232 e. The lowest BCUT2D eigenvalue weighted by molar-refractivity contribution is -0.115. The minimum Gasteiger partial charge on any atom is -0.358 e. The summed E-state index contributed by atoms with van der Waals surface area (Å²) in [4.78, 5) is 25.6. The second kappa shape index (κ2) is 6.33. The average Bonchev–Trinajstić information content (AvgIpc) is 3.39. The maximum absolute atomic E-state index is 12.4. The number of H-pyrrole nitrogens is 1. The predicted octanol–water partition coefficient (Wildman–Crippen LogP) is 4.49. The molecule has 27 heavy (non-hydrogen) atoms. The summed E-state index contributed by atoms with van der Waals surface area (Å²) < 4.78 is 1.94. The number of anilines is 1. The topological polar surface area (TPSA) is 75.1 Å². The van der Waals surface area contributed by atoms with Gasteiger partial charge in [-0.25, -0.2) is 9.97 Å². The van der Waals surface area contributed by atoms with Crippen LogP contribution in [0.5, 0.6) is 0 Å². The van der Waals surface area contributed by atoms with Gasteiger partial charge in [0, 0.05) is 51.0 Å². The molecule has 6 nitrogen and oxygen atoms in total. The van der Waals surface area contributed by atoms with Crippen molar-refractivity contribution in [2.24, 2.45) is 0 Å². The van der Waals surface area contributed by atoms with Crippen molar-refractivity contribution >= 4 is 49.6 Å². The second-order valence-electron chi connectivity index (χ2n) is 6.24. The summed E-state index contributed by atoms with van der Waals surface area (Å²) in [7, 11) is 0. The third-order valence-corrected chi connectivity index (χ3v) is 6.12. The Bertz CT molecular complexity index is 1280. The van der Waals surface area contributed by atoms with E-state index in [1.165, 1.54) is 22.7 Å². The molecule has 0 spiro atoms. The van der Waals surface area contributed by atoms with Gasteiger partial charge in [0.1, 0.15) is 0 Å². The normalized spacial score (nSPS) is 11.4. The highest BCUT2D eigenvalue weighted by Gasteiger charge is 2.15. The SMILES string of the molecule is Cc1[nH]c2ccccc2c1-c1csc(NC(=O)Cc2csc3nccn23)n1. The van der Waals surface area contributed by atoms with E-state index in [-0.39, 0.29) is 12.3 Å². The van der Waals surface area contributed by atoms with Crippen molar-refractivity contribution < 1.29 is 4.79 Å². The minimum atomic E-state index is -0.0834. The zero-order valence-corrected chi connectivity index (χ0v) is 16.0. The van der Waals surface area contributed by atoms with Crippen molar-refractivity contribution in [1.29, 1.82) is 0 Å². The highest BCUT2D eigenvalue weighted by molar-refractivity contribution is 7.15. The molecule has 2 N–H and O–H groups in total. The average molecular weight is 393 g/mol. The summed E-state index contributed by atoms with van der Waals surface area (Å²) in [6.07, 6.45) is 3.90. The minimum absolute atomic E-state index is 0.0834. The molecule has 0 saturated heterocycles. The van der Waals surface area contributed by atoms with Gasteiger partial charge in [-0.15, -0.1) is 22.7 Å². The largest absolute Gasteiger partial charge is 0.358 e. The first-order chi connectivity index (χ1) is 13.2. The Morgan fingerprint density at radius 3 is 3.07 bits per heavy atom. The van der Waals surface area contributed by atoms with Gasteiger partial charge in [0.25, 0.3) is 0 Å². The zero-order chi connectivity index (χ0) is 18.4. The Labute approximate surface area is 162 Å². The zero-order valence-electron chi connectivity index (χ0n) is 14.4. The van der Waals surface area contributed by atoms with Gasteiger partial charge < -0.3 is 10.3 Å². The third-order valence-electron chi connectivity index (χ3n) is 4.46. The maximum Gasteiger partial charge on any atom is 0.232 e. The van der Waals surface area contributed by atoms with Gasteiger partial charge in [-0.3, -0.25) is 9.20 Å². The van der Waals surface area contributed by atoms with Crippen molar-refractivity contribution in [3.63, 3.8) is 0 Å². The molecular formula is C19H15N5OS2. The molecule has 5 aromatic rings. The quantitative estimate of drug-likeness (QED) is 0.472. The van der Waals surface area contributed by atoms with Crippen molar-refractivity contribution in [3.8, 4) is 11.3 Å². The number of amides is 1. The summed E-state index contributed by atoms with van der Waals surface area (Å²) in [5.74, 6) is -0.0834. The number of benzene rings is 1. The van der Waals surface area contributed by atoms with Gasteiger partial charge >= 0.3 is 0 Å². The van der Waals surface area contributed by atoms with Gasteiger partial charge in [-0.05, 0) is 13.0 Å². The lowest BCUT2D eigenvalue weighted by Crippen LogP contribution is -2.15. The Balaban J connectivity index is 1.38. The number of aromatic nitrogens is 4. The van der Waals surface area contributed by atoms with Crippen LogP contribution in [0.15, 0.2) is 47.4 Å². The van der Waals surface area contributed by atoms with Crippen LogP contribution in [0, 0.1) is 6.92 Å². The number of thiazole rings is 2. The molecule has 1 aromatic carbocycles.